The van der Waals surface area contributed by atoms with E-state index in [-0.39, 0.29) is 5.56 Å². The third-order valence-corrected chi connectivity index (χ3v) is 4.97. The first-order valence-electron chi connectivity index (χ1n) is 9.23. The highest BCUT2D eigenvalue weighted by Crippen LogP contribution is 2.14. The molecular weight excluding hydrogens is 372 g/mol. The van der Waals surface area contributed by atoms with Gasteiger partial charge in [0, 0.05) is 24.7 Å². The topological polar surface area (TPSA) is 68.5 Å². The van der Waals surface area contributed by atoms with Gasteiger partial charge < -0.3 is 4.74 Å². The van der Waals surface area contributed by atoms with Crippen LogP contribution in [0.4, 0.5) is 5.95 Å². The highest BCUT2D eigenvalue weighted by Gasteiger charge is 2.10. The number of hydrogen-bond donors (Lipinski definition) is 1. The molecule has 0 saturated heterocycles. The number of nitrogens with zero attached hydrogens (tertiary/aromatic N) is 3. The number of aromatic nitrogens is 2. The summed E-state index contributed by atoms with van der Waals surface area (Å²) in [4.78, 5) is 18.7. The number of anilines is 1. The molecule has 0 aliphatic carbocycles. The van der Waals surface area contributed by atoms with Crippen molar-refractivity contribution in [3.63, 3.8) is 0 Å². The van der Waals surface area contributed by atoms with Crippen LogP contribution in [0.2, 0.25) is 0 Å². The number of para-hydroxylation sites is 1. The minimum atomic E-state index is -0.0795. The summed E-state index contributed by atoms with van der Waals surface area (Å²) >= 11 is 1.70. The van der Waals surface area contributed by atoms with Crippen LogP contribution >= 0.6 is 11.8 Å². The highest BCUT2D eigenvalue weighted by molar-refractivity contribution is 7.98. The number of fused-ring (bicyclic) bond motifs is 1. The van der Waals surface area contributed by atoms with Crippen LogP contribution in [0.5, 0.6) is 0 Å². The fourth-order valence-corrected chi connectivity index (χ4v) is 3.19. The van der Waals surface area contributed by atoms with Gasteiger partial charge in [0.2, 0.25) is 5.95 Å². The summed E-state index contributed by atoms with van der Waals surface area (Å²) in [7, 11) is 0. The van der Waals surface area contributed by atoms with Crippen molar-refractivity contribution in [1.29, 1.82) is 0 Å². The fourth-order valence-electron chi connectivity index (χ4n) is 2.78. The van der Waals surface area contributed by atoms with E-state index in [1.54, 1.807) is 28.6 Å². The molecule has 2 aromatic carbocycles. The van der Waals surface area contributed by atoms with Crippen LogP contribution in [0, 0.1) is 0 Å². The second kappa shape index (κ2) is 10.1. The van der Waals surface area contributed by atoms with Gasteiger partial charge in [-0.25, -0.2) is 10.4 Å². The summed E-state index contributed by atoms with van der Waals surface area (Å²) in [5, 5.41) is 4.88. The first kappa shape index (κ1) is 20.1. The van der Waals surface area contributed by atoms with Crippen molar-refractivity contribution in [2.45, 2.75) is 24.8 Å². The van der Waals surface area contributed by atoms with Gasteiger partial charge in [0.1, 0.15) is 0 Å². The Bertz CT molecular complexity index is 999. The first-order chi connectivity index (χ1) is 13.7. The Balaban J connectivity index is 1.84. The van der Waals surface area contributed by atoms with Crippen molar-refractivity contribution in [2.75, 3.05) is 24.9 Å². The lowest BCUT2D eigenvalue weighted by molar-refractivity contribution is 0.141. The zero-order valence-corrected chi connectivity index (χ0v) is 16.9. The summed E-state index contributed by atoms with van der Waals surface area (Å²) in [5.74, 6) is 0.428. The predicted octanol–water partition coefficient (Wildman–Crippen LogP) is 3.99. The van der Waals surface area contributed by atoms with Crippen LogP contribution in [0.1, 0.15) is 18.9 Å². The molecule has 0 radical (unpaired) electrons. The van der Waals surface area contributed by atoms with Gasteiger partial charge in [0.15, 0.2) is 0 Å². The molecule has 3 aromatic rings. The van der Waals surface area contributed by atoms with E-state index >= 15 is 0 Å². The Morgan fingerprint density at radius 1 is 1.21 bits per heavy atom. The molecule has 0 bridgehead atoms. The van der Waals surface area contributed by atoms with Crippen molar-refractivity contribution in [3.8, 4) is 0 Å². The molecule has 0 spiro atoms. The van der Waals surface area contributed by atoms with Crippen molar-refractivity contribution >= 4 is 34.8 Å². The largest absolute Gasteiger partial charge is 0.382 e. The van der Waals surface area contributed by atoms with Crippen LogP contribution in [0.3, 0.4) is 0 Å². The third kappa shape index (κ3) is 4.99. The molecule has 0 atom stereocenters. The number of ether oxygens (including phenoxy) is 1. The molecule has 146 valence electrons. The Hall–Kier alpha value is -2.64. The lowest BCUT2D eigenvalue weighted by Gasteiger charge is -2.12. The average Bonchev–Trinajstić information content (AvgIpc) is 2.73. The van der Waals surface area contributed by atoms with Crippen molar-refractivity contribution in [3.05, 3.63) is 64.4 Å². The second-order valence-corrected chi connectivity index (χ2v) is 6.98. The molecule has 1 N–H and O–H groups in total. The molecule has 0 fully saturated rings. The molecule has 7 heteroatoms. The zero-order chi connectivity index (χ0) is 19.8. The number of hydrogen-bond acceptors (Lipinski definition) is 6. The predicted molar refractivity (Wildman–Crippen MR) is 117 cm³/mol. The van der Waals surface area contributed by atoms with Crippen molar-refractivity contribution in [2.24, 2.45) is 5.10 Å². The molecule has 3 rings (SSSR count). The maximum Gasteiger partial charge on any atom is 0.262 e. The van der Waals surface area contributed by atoms with Crippen LogP contribution in [-0.4, -0.2) is 35.2 Å². The van der Waals surface area contributed by atoms with Gasteiger partial charge in [-0.15, -0.1) is 11.8 Å². The number of benzene rings is 2. The summed E-state index contributed by atoms with van der Waals surface area (Å²) in [5.41, 5.74) is 4.48. The molecular formula is C21H24N4O2S. The summed E-state index contributed by atoms with van der Waals surface area (Å²) in [6.45, 7) is 3.73. The number of rotatable bonds is 9. The van der Waals surface area contributed by atoms with E-state index in [0.29, 0.717) is 36.6 Å². The van der Waals surface area contributed by atoms with E-state index < -0.39 is 0 Å². The minimum Gasteiger partial charge on any atom is -0.382 e. The molecule has 6 nitrogen and oxygen atoms in total. The maximum atomic E-state index is 12.9. The Kier molecular flexibility index (Phi) is 7.22. The average molecular weight is 397 g/mol. The third-order valence-electron chi connectivity index (χ3n) is 4.23. The Morgan fingerprint density at radius 3 is 2.75 bits per heavy atom. The molecule has 1 heterocycles. The zero-order valence-electron chi connectivity index (χ0n) is 16.1. The summed E-state index contributed by atoms with van der Waals surface area (Å²) < 4.78 is 7.01. The summed E-state index contributed by atoms with van der Waals surface area (Å²) in [6, 6.07) is 15.4. The smallest absolute Gasteiger partial charge is 0.262 e. The summed E-state index contributed by atoms with van der Waals surface area (Å²) in [6.07, 6.45) is 4.49. The lowest BCUT2D eigenvalue weighted by atomic mass is 10.2. The van der Waals surface area contributed by atoms with Crippen LogP contribution in [-0.2, 0) is 11.3 Å². The van der Waals surface area contributed by atoms with E-state index in [1.165, 1.54) is 4.90 Å². The van der Waals surface area contributed by atoms with Gasteiger partial charge in [-0.05, 0) is 49.4 Å². The van der Waals surface area contributed by atoms with Gasteiger partial charge >= 0.3 is 0 Å². The first-order valence-corrected chi connectivity index (χ1v) is 10.5. The van der Waals surface area contributed by atoms with Crippen molar-refractivity contribution in [1.82, 2.24) is 9.55 Å². The van der Waals surface area contributed by atoms with Gasteiger partial charge in [-0.1, -0.05) is 24.3 Å². The highest BCUT2D eigenvalue weighted by atomic mass is 32.2. The van der Waals surface area contributed by atoms with Gasteiger partial charge in [0.05, 0.1) is 17.1 Å². The monoisotopic (exact) mass is 396 g/mol. The number of hydrazone groups is 1. The SMILES string of the molecule is CCOCCCn1c(N/N=C\c2ccc(SC)cc2)nc2ccccc2c1=O. The molecule has 0 aliphatic heterocycles. The molecule has 0 aliphatic rings. The van der Waals surface area contributed by atoms with E-state index in [0.717, 1.165) is 12.0 Å². The lowest BCUT2D eigenvalue weighted by Crippen LogP contribution is -2.25. The van der Waals surface area contributed by atoms with E-state index in [1.807, 2.05) is 55.6 Å². The van der Waals surface area contributed by atoms with Gasteiger partial charge in [-0.3, -0.25) is 9.36 Å². The van der Waals surface area contributed by atoms with E-state index in [4.69, 9.17) is 4.74 Å². The standard InChI is InChI=1S/C21H24N4O2S/c1-3-27-14-6-13-25-20(26)18-7-4-5-8-19(18)23-21(25)24-22-15-16-9-11-17(28-2)12-10-16/h4-5,7-12,15H,3,6,13-14H2,1-2H3,(H,23,24)/b22-15-. The normalized spacial score (nSPS) is 11.4. The molecule has 0 amide bonds. The fraction of sp³-hybridized carbons (Fsp3) is 0.286. The molecule has 0 saturated carbocycles. The maximum absolute atomic E-state index is 12.9. The van der Waals surface area contributed by atoms with Crippen LogP contribution in [0.25, 0.3) is 10.9 Å². The number of thioether (sulfide) groups is 1. The Labute approximate surface area is 168 Å². The van der Waals surface area contributed by atoms with Gasteiger partial charge in [0.25, 0.3) is 5.56 Å². The minimum absolute atomic E-state index is 0.0795. The van der Waals surface area contributed by atoms with E-state index in [2.05, 4.69) is 15.5 Å². The van der Waals surface area contributed by atoms with Crippen LogP contribution in [0.15, 0.2) is 63.3 Å². The Morgan fingerprint density at radius 2 is 2.00 bits per heavy atom. The van der Waals surface area contributed by atoms with Crippen molar-refractivity contribution < 1.29 is 4.74 Å². The molecule has 28 heavy (non-hydrogen) atoms. The van der Waals surface area contributed by atoms with Gasteiger partial charge in [-0.2, -0.15) is 5.10 Å². The molecule has 1 aromatic heterocycles. The molecule has 0 unspecified atom stereocenters. The van der Waals surface area contributed by atoms with E-state index in [9.17, 15) is 4.79 Å². The van der Waals surface area contributed by atoms with Crippen LogP contribution < -0.4 is 11.0 Å². The quantitative estimate of drug-likeness (QED) is 0.256. The second-order valence-electron chi connectivity index (χ2n) is 6.10. The number of nitrogens with one attached hydrogen (secondary N) is 1.